The van der Waals surface area contributed by atoms with Gasteiger partial charge in [-0.1, -0.05) is 12.1 Å². The Morgan fingerprint density at radius 1 is 1.32 bits per heavy atom. The maximum Gasteiger partial charge on any atom is 0.123 e. The van der Waals surface area contributed by atoms with Gasteiger partial charge >= 0.3 is 0 Å². The lowest BCUT2D eigenvalue weighted by Crippen LogP contribution is -2.22. The van der Waals surface area contributed by atoms with Crippen molar-refractivity contribution < 1.29 is 9.47 Å². The topological polar surface area (TPSA) is 30.5 Å². The third-order valence-electron chi connectivity index (χ3n) is 3.75. The molecule has 1 atom stereocenters. The number of ether oxygens (including phenoxy) is 2. The number of rotatable bonds is 7. The number of hydrogen-bond donors (Lipinski definition) is 1. The van der Waals surface area contributed by atoms with Crippen molar-refractivity contribution in [3.8, 4) is 5.75 Å². The van der Waals surface area contributed by atoms with E-state index in [1.807, 2.05) is 0 Å². The van der Waals surface area contributed by atoms with Crippen LogP contribution in [0.25, 0.3) is 0 Å². The van der Waals surface area contributed by atoms with Gasteiger partial charge in [0, 0.05) is 19.0 Å². The van der Waals surface area contributed by atoms with Crippen LogP contribution >= 0.6 is 0 Å². The van der Waals surface area contributed by atoms with Gasteiger partial charge in [0.25, 0.3) is 0 Å². The molecule has 2 aliphatic rings. The molecular weight excluding hydrogens is 238 g/mol. The highest BCUT2D eigenvalue weighted by Crippen LogP contribution is 2.29. The number of benzene rings is 1. The Morgan fingerprint density at radius 2 is 2.21 bits per heavy atom. The Balaban J connectivity index is 1.37. The first kappa shape index (κ1) is 12.9. The predicted molar refractivity (Wildman–Crippen MR) is 75.8 cm³/mol. The lowest BCUT2D eigenvalue weighted by atomic mass is 10.1. The fourth-order valence-corrected chi connectivity index (χ4v) is 2.55. The highest BCUT2D eigenvalue weighted by atomic mass is 16.5. The van der Waals surface area contributed by atoms with Crippen LogP contribution in [-0.4, -0.2) is 31.9 Å². The van der Waals surface area contributed by atoms with Gasteiger partial charge in [-0.15, -0.1) is 0 Å². The fourth-order valence-electron chi connectivity index (χ4n) is 2.55. The molecule has 3 heteroatoms. The van der Waals surface area contributed by atoms with Crippen molar-refractivity contribution in [3.63, 3.8) is 0 Å². The Morgan fingerprint density at radius 3 is 3.05 bits per heavy atom. The van der Waals surface area contributed by atoms with E-state index in [2.05, 4.69) is 30.4 Å². The van der Waals surface area contributed by atoms with Gasteiger partial charge < -0.3 is 14.8 Å². The molecule has 1 aliphatic heterocycles. The van der Waals surface area contributed by atoms with Crippen molar-refractivity contribution in [2.75, 3.05) is 19.8 Å². The first-order valence-corrected chi connectivity index (χ1v) is 7.41. The van der Waals surface area contributed by atoms with Crippen LogP contribution in [0.2, 0.25) is 0 Å². The molecule has 0 saturated heterocycles. The molecule has 1 aromatic rings. The second-order valence-corrected chi connectivity index (χ2v) is 5.67. The largest absolute Gasteiger partial charge is 0.490 e. The van der Waals surface area contributed by atoms with E-state index in [0.29, 0.717) is 6.10 Å². The molecule has 1 fully saturated rings. The lowest BCUT2D eigenvalue weighted by molar-refractivity contribution is 0.138. The summed E-state index contributed by atoms with van der Waals surface area (Å²) in [5, 5.41) is 3.45. The summed E-state index contributed by atoms with van der Waals surface area (Å²) in [6.07, 6.45) is 5.04. The standard InChI is InChI=1S/C16H23NO2/c1-12-10-14-11-13(2-5-16(14)19-12)6-8-18-9-7-17-15-3-4-15/h2,5,11-12,15,17H,3-4,6-10H2,1H3. The molecular formula is C16H23NO2. The number of hydrogen-bond acceptors (Lipinski definition) is 3. The Labute approximate surface area is 115 Å². The van der Waals surface area contributed by atoms with Gasteiger partial charge in [0.15, 0.2) is 0 Å². The third-order valence-corrected chi connectivity index (χ3v) is 3.75. The molecule has 1 N–H and O–H groups in total. The zero-order valence-electron chi connectivity index (χ0n) is 11.7. The molecule has 19 heavy (non-hydrogen) atoms. The normalized spacial score (nSPS) is 21.2. The van der Waals surface area contributed by atoms with E-state index in [1.165, 1.54) is 24.0 Å². The third kappa shape index (κ3) is 3.71. The molecule has 0 bridgehead atoms. The van der Waals surface area contributed by atoms with Gasteiger partial charge in [0.1, 0.15) is 11.9 Å². The summed E-state index contributed by atoms with van der Waals surface area (Å²) in [6, 6.07) is 7.30. The Hall–Kier alpha value is -1.06. The van der Waals surface area contributed by atoms with Crippen LogP contribution in [0.4, 0.5) is 0 Å². The van der Waals surface area contributed by atoms with E-state index >= 15 is 0 Å². The Kier molecular flexibility index (Phi) is 4.04. The summed E-state index contributed by atoms with van der Waals surface area (Å²) in [7, 11) is 0. The van der Waals surface area contributed by atoms with E-state index < -0.39 is 0 Å². The van der Waals surface area contributed by atoms with Gasteiger partial charge in [0.05, 0.1) is 13.2 Å². The molecule has 1 aliphatic carbocycles. The van der Waals surface area contributed by atoms with Gasteiger partial charge in [-0.3, -0.25) is 0 Å². The number of nitrogens with one attached hydrogen (secondary N) is 1. The minimum Gasteiger partial charge on any atom is -0.490 e. The quantitative estimate of drug-likeness (QED) is 0.764. The molecule has 3 rings (SSSR count). The van der Waals surface area contributed by atoms with Crippen molar-refractivity contribution in [3.05, 3.63) is 29.3 Å². The maximum atomic E-state index is 5.71. The monoisotopic (exact) mass is 261 g/mol. The van der Waals surface area contributed by atoms with Crippen LogP contribution in [0.5, 0.6) is 5.75 Å². The van der Waals surface area contributed by atoms with Crippen LogP contribution in [0, 0.1) is 0 Å². The van der Waals surface area contributed by atoms with Gasteiger partial charge in [-0.2, -0.15) is 0 Å². The molecule has 0 radical (unpaired) electrons. The van der Waals surface area contributed by atoms with Gasteiger partial charge in [-0.25, -0.2) is 0 Å². The van der Waals surface area contributed by atoms with Crippen LogP contribution in [-0.2, 0) is 17.6 Å². The minimum atomic E-state index is 0.329. The molecule has 3 nitrogen and oxygen atoms in total. The van der Waals surface area contributed by atoms with Crippen molar-refractivity contribution >= 4 is 0 Å². The van der Waals surface area contributed by atoms with E-state index in [0.717, 1.165) is 44.4 Å². The zero-order valence-corrected chi connectivity index (χ0v) is 11.7. The highest BCUT2D eigenvalue weighted by molar-refractivity contribution is 5.40. The summed E-state index contributed by atoms with van der Waals surface area (Å²) in [5.41, 5.74) is 2.70. The lowest BCUT2D eigenvalue weighted by Gasteiger charge is -2.06. The molecule has 0 amide bonds. The Bertz CT molecular complexity index is 429. The van der Waals surface area contributed by atoms with Crippen LogP contribution < -0.4 is 10.1 Å². The first-order valence-electron chi connectivity index (χ1n) is 7.41. The average molecular weight is 261 g/mol. The molecule has 1 unspecified atom stereocenters. The van der Waals surface area contributed by atoms with E-state index in [4.69, 9.17) is 9.47 Å². The van der Waals surface area contributed by atoms with Crippen molar-refractivity contribution in [1.82, 2.24) is 5.32 Å². The average Bonchev–Trinajstić information content (AvgIpc) is 3.14. The highest BCUT2D eigenvalue weighted by Gasteiger charge is 2.20. The van der Waals surface area contributed by atoms with Crippen molar-refractivity contribution in [2.45, 2.75) is 44.8 Å². The fraction of sp³-hybridized carbons (Fsp3) is 0.625. The molecule has 1 heterocycles. The summed E-state index contributed by atoms with van der Waals surface area (Å²) in [4.78, 5) is 0. The van der Waals surface area contributed by atoms with E-state index in [1.54, 1.807) is 0 Å². The van der Waals surface area contributed by atoms with E-state index in [-0.39, 0.29) is 0 Å². The van der Waals surface area contributed by atoms with Gasteiger partial charge in [-0.05, 0) is 43.4 Å². The second kappa shape index (κ2) is 5.93. The SMILES string of the molecule is CC1Cc2cc(CCOCCNC3CC3)ccc2O1. The molecule has 0 spiro atoms. The number of fused-ring (bicyclic) bond motifs is 1. The van der Waals surface area contributed by atoms with Crippen molar-refractivity contribution in [2.24, 2.45) is 0 Å². The summed E-state index contributed by atoms with van der Waals surface area (Å²) in [6.45, 7) is 4.74. The molecule has 1 saturated carbocycles. The zero-order chi connectivity index (χ0) is 13.1. The smallest absolute Gasteiger partial charge is 0.123 e. The van der Waals surface area contributed by atoms with E-state index in [9.17, 15) is 0 Å². The second-order valence-electron chi connectivity index (χ2n) is 5.67. The molecule has 0 aromatic heterocycles. The maximum absolute atomic E-state index is 5.71. The molecule has 1 aromatic carbocycles. The van der Waals surface area contributed by atoms with Crippen LogP contribution in [0.15, 0.2) is 18.2 Å². The predicted octanol–water partition coefficient (Wildman–Crippen LogP) is 2.32. The van der Waals surface area contributed by atoms with Crippen molar-refractivity contribution in [1.29, 1.82) is 0 Å². The minimum absolute atomic E-state index is 0.329. The molecule has 104 valence electrons. The summed E-state index contributed by atoms with van der Waals surface area (Å²) in [5.74, 6) is 1.06. The van der Waals surface area contributed by atoms with Crippen LogP contribution in [0.3, 0.4) is 0 Å². The summed E-state index contributed by atoms with van der Waals surface area (Å²) >= 11 is 0. The van der Waals surface area contributed by atoms with Crippen LogP contribution in [0.1, 0.15) is 30.9 Å². The van der Waals surface area contributed by atoms with Gasteiger partial charge in [0.2, 0.25) is 0 Å². The first-order chi connectivity index (χ1) is 9.31. The summed E-state index contributed by atoms with van der Waals surface area (Å²) < 4.78 is 11.4.